The SMILES string of the molecule is CCCCCNS(=O)(=O)c1cc(C(=O)O)cc(F)c1C. The average molecular weight is 303 g/mol. The molecule has 2 N–H and O–H groups in total. The fourth-order valence-corrected chi connectivity index (χ4v) is 3.07. The number of carboxylic acid groups (broad SMARTS) is 1. The zero-order valence-electron chi connectivity index (χ0n) is 11.4. The zero-order valence-corrected chi connectivity index (χ0v) is 12.3. The van der Waals surface area contributed by atoms with E-state index in [-0.39, 0.29) is 22.6 Å². The van der Waals surface area contributed by atoms with Crippen molar-refractivity contribution in [3.05, 3.63) is 29.1 Å². The number of benzene rings is 1. The normalized spacial score (nSPS) is 11.6. The summed E-state index contributed by atoms with van der Waals surface area (Å²) in [5.74, 6) is -2.22. The van der Waals surface area contributed by atoms with Crippen molar-refractivity contribution in [3.8, 4) is 0 Å². The second-order valence-corrected chi connectivity index (χ2v) is 6.23. The van der Waals surface area contributed by atoms with Crippen LogP contribution in [0.15, 0.2) is 17.0 Å². The van der Waals surface area contributed by atoms with Crippen molar-refractivity contribution < 1.29 is 22.7 Å². The molecule has 0 saturated carbocycles. The van der Waals surface area contributed by atoms with E-state index in [1.807, 2.05) is 6.92 Å². The van der Waals surface area contributed by atoms with Crippen molar-refractivity contribution in [2.24, 2.45) is 0 Å². The Balaban J connectivity index is 3.07. The molecule has 0 heterocycles. The first-order valence-electron chi connectivity index (χ1n) is 6.32. The number of aromatic carboxylic acids is 1. The Morgan fingerprint density at radius 2 is 2.00 bits per heavy atom. The van der Waals surface area contributed by atoms with Gasteiger partial charge in [0.2, 0.25) is 10.0 Å². The second-order valence-electron chi connectivity index (χ2n) is 4.49. The van der Waals surface area contributed by atoms with E-state index < -0.39 is 21.8 Å². The topological polar surface area (TPSA) is 83.5 Å². The Morgan fingerprint density at radius 1 is 1.35 bits per heavy atom. The van der Waals surface area contributed by atoms with Crippen LogP contribution in [0.3, 0.4) is 0 Å². The molecule has 0 bridgehead atoms. The van der Waals surface area contributed by atoms with Crippen molar-refractivity contribution in [1.82, 2.24) is 4.72 Å². The highest BCUT2D eigenvalue weighted by Gasteiger charge is 2.21. The molecule has 0 unspecified atom stereocenters. The van der Waals surface area contributed by atoms with Crippen molar-refractivity contribution in [3.63, 3.8) is 0 Å². The third-order valence-electron chi connectivity index (χ3n) is 2.91. The Morgan fingerprint density at radius 3 is 2.55 bits per heavy atom. The molecule has 0 spiro atoms. The molecule has 0 fully saturated rings. The van der Waals surface area contributed by atoms with Gasteiger partial charge in [-0.05, 0) is 25.5 Å². The number of unbranched alkanes of at least 4 members (excludes halogenated alkanes) is 2. The van der Waals surface area contributed by atoms with E-state index in [9.17, 15) is 17.6 Å². The van der Waals surface area contributed by atoms with Gasteiger partial charge in [0.05, 0.1) is 10.5 Å². The quantitative estimate of drug-likeness (QED) is 0.757. The lowest BCUT2D eigenvalue weighted by Crippen LogP contribution is -2.26. The first kappa shape index (κ1) is 16.6. The van der Waals surface area contributed by atoms with Crippen LogP contribution in [0.2, 0.25) is 0 Å². The minimum Gasteiger partial charge on any atom is -0.478 e. The van der Waals surface area contributed by atoms with E-state index >= 15 is 0 Å². The highest BCUT2D eigenvalue weighted by Crippen LogP contribution is 2.20. The van der Waals surface area contributed by atoms with Crippen molar-refractivity contribution in [2.75, 3.05) is 6.54 Å². The van der Waals surface area contributed by atoms with Crippen LogP contribution >= 0.6 is 0 Å². The van der Waals surface area contributed by atoms with E-state index in [4.69, 9.17) is 5.11 Å². The highest BCUT2D eigenvalue weighted by atomic mass is 32.2. The number of carboxylic acids is 1. The maximum absolute atomic E-state index is 13.6. The monoisotopic (exact) mass is 303 g/mol. The van der Waals surface area contributed by atoms with Gasteiger partial charge in [-0.15, -0.1) is 0 Å². The van der Waals surface area contributed by atoms with E-state index in [0.717, 1.165) is 25.0 Å². The van der Waals surface area contributed by atoms with Crippen LogP contribution in [-0.2, 0) is 10.0 Å². The molecule has 20 heavy (non-hydrogen) atoms. The molecule has 112 valence electrons. The van der Waals surface area contributed by atoms with Crippen molar-refractivity contribution in [1.29, 1.82) is 0 Å². The lowest BCUT2D eigenvalue weighted by Gasteiger charge is -2.11. The fraction of sp³-hybridized carbons (Fsp3) is 0.462. The molecule has 7 heteroatoms. The first-order chi connectivity index (χ1) is 9.29. The maximum Gasteiger partial charge on any atom is 0.335 e. The number of nitrogens with one attached hydrogen (secondary N) is 1. The molecule has 0 radical (unpaired) electrons. The molecule has 5 nitrogen and oxygen atoms in total. The molecule has 0 aromatic heterocycles. The predicted molar refractivity (Wildman–Crippen MR) is 72.8 cm³/mol. The van der Waals surface area contributed by atoms with Gasteiger partial charge in [0, 0.05) is 12.1 Å². The van der Waals surface area contributed by atoms with Gasteiger partial charge in [-0.3, -0.25) is 0 Å². The number of carbonyl (C=O) groups is 1. The summed E-state index contributed by atoms with van der Waals surface area (Å²) in [4.78, 5) is 10.5. The van der Waals surface area contributed by atoms with Crippen LogP contribution in [0.25, 0.3) is 0 Å². The molecule has 0 aliphatic carbocycles. The Labute approximate surface area is 117 Å². The van der Waals surface area contributed by atoms with E-state index in [2.05, 4.69) is 4.72 Å². The molecule has 1 rings (SSSR count). The van der Waals surface area contributed by atoms with E-state index in [1.165, 1.54) is 6.92 Å². The van der Waals surface area contributed by atoms with Gasteiger partial charge in [-0.1, -0.05) is 19.8 Å². The fourth-order valence-electron chi connectivity index (χ4n) is 1.72. The van der Waals surface area contributed by atoms with Gasteiger partial charge in [0.15, 0.2) is 0 Å². The number of sulfonamides is 1. The summed E-state index contributed by atoms with van der Waals surface area (Å²) in [6.45, 7) is 3.54. The van der Waals surface area contributed by atoms with Gasteiger partial charge >= 0.3 is 5.97 Å². The van der Waals surface area contributed by atoms with Crippen molar-refractivity contribution in [2.45, 2.75) is 38.0 Å². The van der Waals surface area contributed by atoms with Gasteiger partial charge in [-0.2, -0.15) is 0 Å². The first-order valence-corrected chi connectivity index (χ1v) is 7.81. The van der Waals surface area contributed by atoms with E-state index in [1.54, 1.807) is 0 Å². The van der Waals surface area contributed by atoms with E-state index in [0.29, 0.717) is 6.42 Å². The smallest absolute Gasteiger partial charge is 0.335 e. The average Bonchev–Trinajstić information content (AvgIpc) is 2.37. The molecular weight excluding hydrogens is 285 g/mol. The molecular formula is C13H18FNO4S. The summed E-state index contributed by atoms with van der Waals surface area (Å²) < 4.78 is 40.1. The Hall–Kier alpha value is -1.47. The maximum atomic E-state index is 13.6. The van der Waals surface area contributed by atoms with Gasteiger partial charge in [0.25, 0.3) is 0 Å². The summed E-state index contributed by atoms with van der Waals surface area (Å²) in [5, 5.41) is 8.85. The van der Waals surface area contributed by atoms with Crippen LogP contribution in [0.1, 0.15) is 42.1 Å². The minimum atomic E-state index is -3.90. The molecule has 0 amide bonds. The van der Waals surface area contributed by atoms with Gasteiger partial charge < -0.3 is 5.11 Å². The summed E-state index contributed by atoms with van der Waals surface area (Å²) in [5.41, 5.74) is -0.472. The number of hydrogen-bond donors (Lipinski definition) is 2. The number of rotatable bonds is 7. The number of halogens is 1. The lowest BCUT2D eigenvalue weighted by atomic mass is 10.1. The summed E-state index contributed by atoms with van der Waals surface area (Å²) >= 11 is 0. The Bertz CT molecular complexity index is 599. The standard InChI is InChI=1S/C13H18FNO4S/c1-3-4-5-6-15-20(18,19)12-8-10(13(16)17)7-11(14)9(12)2/h7-8,15H,3-6H2,1-2H3,(H,16,17). The summed E-state index contributed by atoms with van der Waals surface area (Å²) in [6, 6.07) is 1.79. The second kappa shape index (κ2) is 6.81. The van der Waals surface area contributed by atoms with Crippen LogP contribution in [0.5, 0.6) is 0 Å². The van der Waals surface area contributed by atoms with Crippen LogP contribution in [0, 0.1) is 12.7 Å². The molecule has 1 aromatic carbocycles. The van der Waals surface area contributed by atoms with Crippen molar-refractivity contribution >= 4 is 16.0 Å². The Kier molecular flexibility index (Phi) is 5.64. The third kappa shape index (κ3) is 4.01. The number of hydrogen-bond acceptors (Lipinski definition) is 3. The minimum absolute atomic E-state index is 0.0852. The molecule has 0 aliphatic heterocycles. The molecule has 0 saturated heterocycles. The summed E-state index contributed by atoms with van der Waals surface area (Å²) in [7, 11) is -3.90. The lowest BCUT2D eigenvalue weighted by molar-refractivity contribution is 0.0696. The predicted octanol–water partition coefficient (Wildman–Crippen LogP) is 2.30. The molecule has 1 aromatic rings. The summed E-state index contributed by atoms with van der Waals surface area (Å²) in [6.07, 6.45) is 2.50. The van der Waals surface area contributed by atoms with Crippen LogP contribution < -0.4 is 4.72 Å². The molecule has 0 atom stereocenters. The van der Waals surface area contributed by atoms with Gasteiger partial charge in [-0.25, -0.2) is 22.3 Å². The zero-order chi connectivity index (χ0) is 15.3. The van der Waals surface area contributed by atoms with Gasteiger partial charge in [0.1, 0.15) is 5.82 Å². The van der Waals surface area contributed by atoms with Crippen LogP contribution in [0.4, 0.5) is 4.39 Å². The largest absolute Gasteiger partial charge is 0.478 e. The van der Waals surface area contributed by atoms with Crippen LogP contribution in [-0.4, -0.2) is 26.0 Å². The highest BCUT2D eigenvalue weighted by molar-refractivity contribution is 7.89. The molecule has 0 aliphatic rings. The third-order valence-corrected chi connectivity index (χ3v) is 4.49.